The van der Waals surface area contributed by atoms with Gasteiger partial charge in [0.2, 0.25) is 0 Å². The van der Waals surface area contributed by atoms with Crippen LogP contribution < -0.4 is 16.4 Å². The third-order valence-electron chi connectivity index (χ3n) is 5.16. The summed E-state index contributed by atoms with van der Waals surface area (Å²) in [6, 6.07) is 8.31. The summed E-state index contributed by atoms with van der Waals surface area (Å²) >= 11 is 2.87. The standard InChI is InChI=1S/C22H23N5O3S2/c1-4-30-20(28)16-14(24-21(29)25-17(16)13-8-6-5-7-9-13)10-31-22-26-18(23)15-11(2)12(3)32-19(15)27-22/h5-9,17H,4,10H2,1-3H3,(H2,23,26,27)(H2,24,25,29). The normalized spacial score (nSPS) is 16.1. The van der Waals surface area contributed by atoms with Crippen LogP contribution >= 0.6 is 23.1 Å². The maximum Gasteiger partial charge on any atom is 0.338 e. The number of nitrogens with two attached hydrogens (primary N) is 1. The van der Waals surface area contributed by atoms with E-state index in [0.29, 0.717) is 22.2 Å². The summed E-state index contributed by atoms with van der Waals surface area (Å²) in [7, 11) is 0. The van der Waals surface area contributed by atoms with Gasteiger partial charge >= 0.3 is 12.0 Å². The molecule has 0 bridgehead atoms. The van der Waals surface area contributed by atoms with Gasteiger partial charge in [0.15, 0.2) is 5.16 Å². The second-order valence-electron chi connectivity index (χ2n) is 7.20. The maximum absolute atomic E-state index is 12.8. The predicted octanol–water partition coefficient (Wildman–Crippen LogP) is 3.85. The van der Waals surface area contributed by atoms with Gasteiger partial charge in [-0.1, -0.05) is 42.1 Å². The number of urea groups is 1. The highest BCUT2D eigenvalue weighted by Gasteiger charge is 2.33. The van der Waals surface area contributed by atoms with Crippen molar-refractivity contribution in [2.75, 3.05) is 18.1 Å². The zero-order valence-corrected chi connectivity index (χ0v) is 19.5. The molecule has 10 heteroatoms. The minimum absolute atomic E-state index is 0.228. The second-order valence-corrected chi connectivity index (χ2v) is 9.34. The first kappa shape index (κ1) is 22.1. The lowest BCUT2D eigenvalue weighted by atomic mass is 9.95. The average molecular weight is 470 g/mol. The molecule has 1 aliphatic heterocycles. The molecule has 1 aliphatic rings. The molecule has 3 aromatic rings. The third-order valence-corrected chi connectivity index (χ3v) is 7.14. The molecule has 0 aliphatic carbocycles. The summed E-state index contributed by atoms with van der Waals surface area (Å²) in [4.78, 5) is 36.3. The molecule has 32 heavy (non-hydrogen) atoms. The van der Waals surface area contributed by atoms with Gasteiger partial charge in [-0.2, -0.15) is 0 Å². The Kier molecular flexibility index (Phi) is 6.33. The van der Waals surface area contributed by atoms with Crippen molar-refractivity contribution in [2.45, 2.75) is 32.0 Å². The van der Waals surface area contributed by atoms with E-state index in [9.17, 15) is 9.59 Å². The molecule has 1 atom stereocenters. The number of thioether (sulfide) groups is 1. The number of aryl methyl sites for hydroxylation is 2. The summed E-state index contributed by atoms with van der Waals surface area (Å²) in [5.41, 5.74) is 8.90. The number of nitrogens with zero attached hydrogens (tertiary/aromatic N) is 2. The molecule has 8 nitrogen and oxygen atoms in total. The highest BCUT2D eigenvalue weighted by Crippen LogP contribution is 2.34. The fraction of sp³-hybridized carbons (Fsp3) is 0.273. The lowest BCUT2D eigenvalue weighted by Crippen LogP contribution is -2.46. The third kappa shape index (κ3) is 4.28. The van der Waals surface area contributed by atoms with Crippen molar-refractivity contribution in [3.05, 3.63) is 57.6 Å². The van der Waals surface area contributed by atoms with Gasteiger partial charge in [0, 0.05) is 16.3 Å². The number of benzene rings is 1. The van der Waals surface area contributed by atoms with Gasteiger partial charge in [-0.15, -0.1) is 11.3 Å². The molecule has 1 unspecified atom stereocenters. The molecule has 166 valence electrons. The van der Waals surface area contributed by atoms with Crippen LogP contribution in [0.5, 0.6) is 0 Å². The summed E-state index contributed by atoms with van der Waals surface area (Å²) in [6.45, 7) is 6.01. The average Bonchev–Trinajstić information content (AvgIpc) is 3.06. The molecule has 0 radical (unpaired) electrons. The molecular formula is C22H23N5O3S2. The van der Waals surface area contributed by atoms with Crippen molar-refractivity contribution in [1.29, 1.82) is 0 Å². The van der Waals surface area contributed by atoms with Crippen molar-refractivity contribution in [2.24, 2.45) is 0 Å². The number of amides is 2. The van der Waals surface area contributed by atoms with Crippen molar-refractivity contribution < 1.29 is 14.3 Å². The number of fused-ring (bicyclic) bond motifs is 1. The van der Waals surface area contributed by atoms with Crippen LogP contribution in [-0.2, 0) is 9.53 Å². The molecule has 0 saturated carbocycles. The van der Waals surface area contributed by atoms with E-state index in [1.54, 1.807) is 18.3 Å². The predicted molar refractivity (Wildman–Crippen MR) is 127 cm³/mol. The second kappa shape index (κ2) is 9.17. The Labute approximate surface area is 193 Å². The van der Waals surface area contributed by atoms with E-state index in [1.807, 2.05) is 44.2 Å². The Balaban J connectivity index is 1.69. The molecule has 4 N–H and O–H groups in total. The number of esters is 1. The van der Waals surface area contributed by atoms with Gasteiger partial charge in [-0.3, -0.25) is 0 Å². The summed E-state index contributed by atoms with van der Waals surface area (Å²) in [6.07, 6.45) is 0. The van der Waals surface area contributed by atoms with Gasteiger partial charge in [0.1, 0.15) is 10.6 Å². The highest BCUT2D eigenvalue weighted by molar-refractivity contribution is 7.99. The number of nitrogen functional groups attached to an aromatic ring is 1. The molecule has 2 aromatic heterocycles. The van der Waals surface area contributed by atoms with Gasteiger partial charge in [0.25, 0.3) is 0 Å². The Hall–Kier alpha value is -3.11. The van der Waals surface area contributed by atoms with E-state index in [2.05, 4.69) is 20.6 Å². The number of carbonyl (C=O) groups excluding carboxylic acids is 2. The fourth-order valence-corrected chi connectivity index (χ4v) is 5.45. The summed E-state index contributed by atoms with van der Waals surface area (Å²) in [5, 5.41) is 6.95. The quantitative estimate of drug-likeness (QED) is 0.285. The molecular weight excluding hydrogens is 446 g/mol. The number of hydrogen-bond acceptors (Lipinski definition) is 8. The van der Waals surface area contributed by atoms with Crippen LogP contribution in [0.2, 0.25) is 0 Å². The zero-order chi connectivity index (χ0) is 22.8. The number of nitrogens with one attached hydrogen (secondary N) is 2. The van der Waals surface area contributed by atoms with E-state index in [4.69, 9.17) is 10.5 Å². The van der Waals surface area contributed by atoms with Crippen molar-refractivity contribution in [1.82, 2.24) is 20.6 Å². The number of ether oxygens (including phenoxy) is 1. The van der Waals surface area contributed by atoms with Crippen molar-refractivity contribution in [3.8, 4) is 0 Å². The van der Waals surface area contributed by atoms with Gasteiger partial charge in [-0.05, 0) is 31.9 Å². The van der Waals surface area contributed by atoms with Crippen LogP contribution in [0.15, 0.2) is 46.8 Å². The van der Waals surface area contributed by atoms with Crippen LogP contribution in [0.3, 0.4) is 0 Å². The molecule has 0 fully saturated rings. The van der Waals surface area contributed by atoms with E-state index < -0.39 is 12.0 Å². The maximum atomic E-state index is 12.8. The van der Waals surface area contributed by atoms with Crippen LogP contribution in [0, 0.1) is 13.8 Å². The van der Waals surface area contributed by atoms with Crippen LogP contribution in [0.1, 0.15) is 29.0 Å². The van der Waals surface area contributed by atoms with E-state index in [1.165, 1.54) is 11.8 Å². The lowest BCUT2D eigenvalue weighted by molar-refractivity contribution is -0.139. The van der Waals surface area contributed by atoms with E-state index in [0.717, 1.165) is 26.2 Å². The molecule has 4 rings (SSSR count). The Morgan fingerprint density at radius 2 is 2.00 bits per heavy atom. The molecule has 3 heterocycles. The Bertz CT molecular complexity index is 1220. The molecule has 0 saturated heterocycles. The first-order valence-corrected chi connectivity index (χ1v) is 11.9. The molecule has 0 spiro atoms. The molecule has 1 aromatic carbocycles. The van der Waals surface area contributed by atoms with Crippen molar-refractivity contribution >= 4 is 51.1 Å². The first-order valence-electron chi connectivity index (χ1n) is 10.1. The minimum Gasteiger partial charge on any atom is -0.463 e. The van der Waals surface area contributed by atoms with Crippen LogP contribution in [0.25, 0.3) is 10.2 Å². The van der Waals surface area contributed by atoms with Gasteiger partial charge in [0.05, 0.1) is 23.6 Å². The van der Waals surface area contributed by atoms with E-state index in [-0.39, 0.29) is 18.4 Å². The SMILES string of the molecule is CCOC(=O)C1=C(CSc2nc(N)c3c(C)c(C)sc3n2)NC(=O)NC1c1ccccc1. The minimum atomic E-state index is -0.615. The van der Waals surface area contributed by atoms with Gasteiger partial charge in [-0.25, -0.2) is 19.6 Å². The Morgan fingerprint density at radius 3 is 2.72 bits per heavy atom. The Morgan fingerprint density at radius 1 is 1.25 bits per heavy atom. The fourth-order valence-electron chi connectivity index (χ4n) is 3.54. The number of anilines is 1. The number of hydrogen-bond donors (Lipinski definition) is 3. The topological polar surface area (TPSA) is 119 Å². The van der Waals surface area contributed by atoms with Crippen LogP contribution in [-0.4, -0.2) is 34.3 Å². The lowest BCUT2D eigenvalue weighted by Gasteiger charge is -2.29. The summed E-state index contributed by atoms with van der Waals surface area (Å²) in [5.74, 6) is 0.222. The van der Waals surface area contributed by atoms with E-state index >= 15 is 0 Å². The monoisotopic (exact) mass is 469 g/mol. The smallest absolute Gasteiger partial charge is 0.338 e. The molecule has 2 amide bonds. The largest absolute Gasteiger partial charge is 0.463 e. The number of aromatic nitrogens is 2. The van der Waals surface area contributed by atoms with Gasteiger partial charge < -0.3 is 21.1 Å². The number of carbonyl (C=O) groups is 2. The zero-order valence-electron chi connectivity index (χ0n) is 17.9. The summed E-state index contributed by atoms with van der Waals surface area (Å²) < 4.78 is 5.30. The first-order chi connectivity index (χ1) is 15.4. The van der Waals surface area contributed by atoms with Crippen molar-refractivity contribution in [3.63, 3.8) is 0 Å². The number of rotatable bonds is 6. The number of thiophene rings is 1. The highest BCUT2D eigenvalue weighted by atomic mass is 32.2. The van der Waals surface area contributed by atoms with Crippen LogP contribution in [0.4, 0.5) is 10.6 Å².